The quantitative estimate of drug-likeness (QED) is 0.394. The van der Waals surface area contributed by atoms with Crippen LogP contribution in [0.3, 0.4) is 0 Å². The fourth-order valence-corrected chi connectivity index (χ4v) is 3.52. The zero-order valence-corrected chi connectivity index (χ0v) is 15.4. The second-order valence-electron chi connectivity index (χ2n) is 6.80. The molecule has 4 rings (SSSR count). The van der Waals surface area contributed by atoms with Gasteiger partial charge in [-0.05, 0) is 32.4 Å². The maximum absolute atomic E-state index is 12.5. The van der Waals surface area contributed by atoms with Gasteiger partial charge < -0.3 is 8.83 Å². The third kappa shape index (κ3) is 3.08. The van der Waals surface area contributed by atoms with E-state index in [4.69, 9.17) is 8.83 Å². The fourth-order valence-electron chi connectivity index (χ4n) is 3.52. The Balaban J connectivity index is 1.44. The third-order valence-corrected chi connectivity index (χ3v) is 5.00. The van der Waals surface area contributed by atoms with Crippen LogP contribution < -0.4 is 0 Å². The number of carbonyl (C=O) groups is 2. The van der Waals surface area contributed by atoms with E-state index in [-0.39, 0.29) is 24.4 Å². The molecule has 136 valence electrons. The molecule has 0 saturated heterocycles. The van der Waals surface area contributed by atoms with E-state index in [2.05, 4.69) is 0 Å². The van der Waals surface area contributed by atoms with Crippen LogP contribution in [0.4, 0.5) is 0 Å². The number of rotatable bonds is 6. The lowest BCUT2D eigenvalue weighted by atomic mass is 10.0. The molecule has 4 heteroatoms. The lowest BCUT2D eigenvalue weighted by Gasteiger charge is -2.00. The number of ketones is 2. The molecule has 0 aliphatic heterocycles. The Hall–Kier alpha value is -3.14. The van der Waals surface area contributed by atoms with Crippen molar-refractivity contribution < 1.29 is 18.4 Å². The number of hydrogen-bond acceptors (Lipinski definition) is 4. The van der Waals surface area contributed by atoms with E-state index in [1.165, 1.54) is 0 Å². The molecule has 4 nitrogen and oxygen atoms in total. The molecule has 2 aromatic heterocycles. The minimum atomic E-state index is -0.0715. The largest absolute Gasteiger partial charge is 0.453 e. The first-order valence-electron chi connectivity index (χ1n) is 9.09. The Morgan fingerprint density at radius 1 is 0.704 bits per heavy atom. The van der Waals surface area contributed by atoms with Gasteiger partial charge in [-0.25, -0.2) is 0 Å². The SMILES string of the molecule is Cc1c(C(=O)CCCC(=O)c2oc3ccccc3c2C)oc2ccccc12. The molecule has 0 bridgehead atoms. The summed E-state index contributed by atoms with van der Waals surface area (Å²) in [5.74, 6) is 0.641. The van der Waals surface area contributed by atoms with E-state index in [1.54, 1.807) is 0 Å². The molecule has 2 heterocycles. The lowest BCUT2D eigenvalue weighted by molar-refractivity contribution is 0.0930. The third-order valence-electron chi connectivity index (χ3n) is 5.00. The number of furan rings is 2. The van der Waals surface area contributed by atoms with Crippen LogP contribution in [0.1, 0.15) is 51.5 Å². The van der Waals surface area contributed by atoms with Gasteiger partial charge in [0.2, 0.25) is 0 Å². The van der Waals surface area contributed by atoms with Gasteiger partial charge in [-0.1, -0.05) is 36.4 Å². The molecule has 0 aliphatic carbocycles. The van der Waals surface area contributed by atoms with Crippen molar-refractivity contribution >= 4 is 33.5 Å². The van der Waals surface area contributed by atoms with Crippen LogP contribution in [-0.4, -0.2) is 11.6 Å². The smallest absolute Gasteiger partial charge is 0.198 e. The highest BCUT2D eigenvalue weighted by atomic mass is 16.3. The summed E-state index contributed by atoms with van der Waals surface area (Å²) in [7, 11) is 0. The highest BCUT2D eigenvalue weighted by Gasteiger charge is 2.20. The number of carbonyl (C=O) groups excluding carboxylic acids is 2. The Bertz CT molecular complexity index is 1070. The Morgan fingerprint density at radius 3 is 1.52 bits per heavy atom. The summed E-state index contributed by atoms with van der Waals surface area (Å²) in [5, 5.41) is 1.91. The molecule has 0 atom stereocenters. The molecule has 0 fully saturated rings. The highest BCUT2D eigenvalue weighted by Crippen LogP contribution is 2.28. The number of benzene rings is 2. The van der Waals surface area contributed by atoms with Crippen molar-refractivity contribution in [1.29, 1.82) is 0 Å². The van der Waals surface area contributed by atoms with Crippen molar-refractivity contribution in [2.24, 2.45) is 0 Å². The molecular formula is C23H20O4. The van der Waals surface area contributed by atoms with Crippen LogP contribution in [0.2, 0.25) is 0 Å². The van der Waals surface area contributed by atoms with Crippen LogP contribution >= 0.6 is 0 Å². The summed E-state index contributed by atoms with van der Waals surface area (Å²) >= 11 is 0. The normalized spacial score (nSPS) is 11.3. The van der Waals surface area contributed by atoms with Gasteiger partial charge in [0.15, 0.2) is 23.1 Å². The van der Waals surface area contributed by atoms with Crippen molar-refractivity contribution in [3.8, 4) is 0 Å². The number of aryl methyl sites for hydroxylation is 2. The molecule has 0 saturated carbocycles. The van der Waals surface area contributed by atoms with Crippen molar-refractivity contribution in [1.82, 2.24) is 0 Å². The highest BCUT2D eigenvalue weighted by molar-refractivity contribution is 6.02. The minimum absolute atomic E-state index is 0.0715. The van der Waals surface area contributed by atoms with E-state index in [9.17, 15) is 9.59 Å². The molecule has 0 radical (unpaired) electrons. The summed E-state index contributed by atoms with van der Waals surface area (Å²) < 4.78 is 11.4. The zero-order valence-electron chi connectivity index (χ0n) is 15.4. The summed E-state index contributed by atoms with van der Waals surface area (Å²) in [4.78, 5) is 25.1. The van der Waals surface area contributed by atoms with E-state index in [0.717, 1.165) is 21.9 Å². The van der Waals surface area contributed by atoms with E-state index in [1.807, 2.05) is 62.4 Å². The molecule has 4 aromatic rings. The standard InChI is InChI=1S/C23H20O4/c1-14-16-8-3-5-12-20(16)26-22(14)18(24)10-7-11-19(25)23-15(2)17-9-4-6-13-21(17)27-23/h3-6,8-9,12-13H,7,10-11H2,1-2H3. The molecule has 27 heavy (non-hydrogen) atoms. The first kappa shape index (κ1) is 17.3. The van der Waals surface area contributed by atoms with Crippen molar-refractivity contribution in [3.05, 3.63) is 71.2 Å². The Morgan fingerprint density at radius 2 is 1.11 bits per heavy atom. The van der Waals surface area contributed by atoms with Crippen LogP contribution in [-0.2, 0) is 0 Å². The molecule has 0 N–H and O–H groups in total. The monoisotopic (exact) mass is 360 g/mol. The fraction of sp³-hybridized carbons (Fsp3) is 0.217. The predicted octanol–water partition coefficient (Wildman–Crippen LogP) is 6.03. The molecule has 0 aliphatic rings. The average molecular weight is 360 g/mol. The molecular weight excluding hydrogens is 340 g/mol. The molecule has 0 amide bonds. The second-order valence-corrected chi connectivity index (χ2v) is 6.80. The summed E-state index contributed by atoms with van der Waals surface area (Å²) in [6, 6.07) is 15.2. The van der Waals surface area contributed by atoms with Gasteiger partial charge in [0.25, 0.3) is 0 Å². The zero-order chi connectivity index (χ0) is 19.0. The Kier molecular flexibility index (Phi) is 4.40. The number of hydrogen-bond donors (Lipinski definition) is 0. The number of Topliss-reactive ketones (excluding diaryl/α,β-unsaturated/α-hetero) is 2. The van der Waals surface area contributed by atoms with Crippen LogP contribution in [0, 0.1) is 13.8 Å². The van der Waals surface area contributed by atoms with Crippen LogP contribution in [0.15, 0.2) is 57.4 Å². The predicted molar refractivity (Wildman–Crippen MR) is 104 cm³/mol. The molecule has 2 aromatic carbocycles. The molecule has 0 unspecified atom stereocenters. The van der Waals surface area contributed by atoms with Gasteiger partial charge in [0.1, 0.15) is 11.2 Å². The summed E-state index contributed by atoms with van der Waals surface area (Å²) in [5.41, 5.74) is 3.14. The van der Waals surface area contributed by atoms with Gasteiger partial charge in [-0.3, -0.25) is 9.59 Å². The van der Waals surface area contributed by atoms with Gasteiger partial charge in [-0.2, -0.15) is 0 Å². The maximum Gasteiger partial charge on any atom is 0.198 e. The van der Waals surface area contributed by atoms with E-state index < -0.39 is 0 Å². The summed E-state index contributed by atoms with van der Waals surface area (Å²) in [6.45, 7) is 3.78. The van der Waals surface area contributed by atoms with Crippen LogP contribution in [0.5, 0.6) is 0 Å². The van der Waals surface area contributed by atoms with Crippen LogP contribution in [0.25, 0.3) is 21.9 Å². The lowest BCUT2D eigenvalue weighted by Crippen LogP contribution is -2.03. The number of para-hydroxylation sites is 2. The van der Waals surface area contributed by atoms with E-state index in [0.29, 0.717) is 29.1 Å². The summed E-state index contributed by atoms with van der Waals surface area (Å²) in [6.07, 6.45) is 1.00. The second kappa shape index (κ2) is 6.88. The van der Waals surface area contributed by atoms with Crippen molar-refractivity contribution in [2.45, 2.75) is 33.1 Å². The first-order valence-corrected chi connectivity index (χ1v) is 9.09. The number of fused-ring (bicyclic) bond motifs is 2. The van der Waals surface area contributed by atoms with Gasteiger partial charge in [0, 0.05) is 34.7 Å². The van der Waals surface area contributed by atoms with Crippen molar-refractivity contribution in [3.63, 3.8) is 0 Å². The van der Waals surface area contributed by atoms with E-state index >= 15 is 0 Å². The average Bonchev–Trinajstić information content (AvgIpc) is 3.20. The first-order chi connectivity index (χ1) is 13.1. The van der Waals surface area contributed by atoms with Gasteiger partial charge in [-0.15, -0.1) is 0 Å². The topological polar surface area (TPSA) is 60.4 Å². The van der Waals surface area contributed by atoms with Crippen molar-refractivity contribution in [2.75, 3.05) is 0 Å². The van der Waals surface area contributed by atoms with Gasteiger partial charge in [0.05, 0.1) is 0 Å². The van der Waals surface area contributed by atoms with Gasteiger partial charge >= 0.3 is 0 Å². The minimum Gasteiger partial charge on any atom is -0.453 e. The maximum atomic E-state index is 12.5. The Labute approximate surface area is 156 Å². The molecule has 0 spiro atoms.